The fourth-order valence-electron chi connectivity index (χ4n) is 3.35. The molecule has 0 N–H and O–H groups in total. The van der Waals surface area contributed by atoms with E-state index in [0.29, 0.717) is 26.9 Å². The van der Waals surface area contributed by atoms with Crippen molar-refractivity contribution in [2.75, 3.05) is 13.7 Å². The van der Waals surface area contributed by atoms with E-state index in [1.165, 1.54) is 7.11 Å². The molecule has 0 aromatic heterocycles. The second-order valence-corrected chi connectivity index (χ2v) is 9.79. The van der Waals surface area contributed by atoms with Crippen LogP contribution >= 0.6 is 43.6 Å². The third-order valence-corrected chi connectivity index (χ3v) is 7.04. The van der Waals surface area contributed by atoms with Gasteiger partial charge in [0.15, 0.2) is 0 Å². The monoisotopic (exact) mass is 589 g/mol. The molecule has 168 valence electrons. The van der Waals surface area contributed by atoms with E-state index in [-0.39, 0.29) is 4.91 Å². The summed E-state index contributed by atoms with van der Waals surface area (Å²) in [6.07, 6.45) is 1.60. The van der Waals surface area contributed by atoms with Crippen LogP contribution in [-0.4, -0.2) is 35.7 Å². The average molecular weight is 591 g/mol. The van der Waals surface area contributed by atoms with Crippen LogP contribution in [0.5, 0.6) is 5.75 Å². The third kappa shape index (κ3) is 5.15. The van der Waals surface area contributed by atoms with E-state index in [1.807, 2.05) is 24.3 Å². The van der Waals surface area contributed by atoms with Crippen LogP contribution in [0.2, 0.25) is 0 Å². The quantitative estimate of drug-likeness (QED) is 0.253. The van der Waals surface area contributed by atoms with Crippen molar-refractivity contribution >= 4 is 77.6 Å². The van der Waals surface area contributed by atoms with Gasteiger partial charge < -0.3 is 9.47 Å². The topological polar surface area (TPSA) is 72.9 Å². The highest BCUT2D eigenvalue weighted by Gasteiger charge is 2.36. The van der Waals surface area contributed by atoms with Crippen LogP contribution in [-0.2, 0) is 20.9 Å². The maximum atomic E-state index is 12.5. The molecule has 0 radical (unpaired) electrons. The number of hydrogen-bond acceptors (Lipinski definition) is 6. The van der Waals surface area contributed by atoms with Crippen LogP contribution in [0.3, 0.4) is 0 Å². The third-order valence-electron chi connectivity index (χ3n) is 4.96. The molecule has 4 rings (SSSR count). The maximum absolute atomic E-state index is 12.5. The van der Waals surface area contributed by atoms with Crippen LogP contribution < -0.4 is 4.74 Å². The van der Waals surface area contributed by atoms with E-state index in [4.69, 9.17) is 4.74 Å². The molecule has 3 aromatic carbocycles. The minimum Gasteiger partial charge on any atom is -0.487 e. The van der Waals surface area contributed by atoms with Crippen LogP contribution in [0, 0.1) is 0 Å². The molecular weight excluding hydrogens is 574 g/mol. The maximum Gasteiger partial charge on any atom is 0.325 e. The van der Waals surface area contributed by atoms with Gasteiger partial charge in [0.2, 0.25) is 0 Å². The van der Waals surface area contributed by atoms with Gasteiger partial charge in [-0.3, -0.25) is 19.3 Å². The first-order valence-electron chi connectivity index (χ1n) is 9.78. The molecule has 3 aromatic rings. The summed E-state index contributed by atoms with van der Waals surface area (Å²) in [5, 5.41) is 1.77. The number of fused-ring (bicyclic) bond motifs is 1. The first-order chi connectivity index (χ1) is 15.9. The first-order valence-corrected chi connectivity index (χ1v) is 12.2. The average Bonchev–Trinajstić information content (AvgIpc) is 3.05. The first kappa shape index (κ1) is 23.5. The van der Waals surface area contributed by atoms with Gasteiger partial charge in [-0.25, -0.2) is 0 Å². The summed E-state index contributed by atoms with van der Waals surface area (Å²) in [6.45, 7) is -0.0306. The van der Waals surface area contributed by atoms with Gasteiger partial charge in [0.25, 0.3) is 11.1 Å². The molecule has 0 saturated carbocycles. The number of benzene rings is 3. The number of ether oxygens (including phenoxy) is 2. The minimum atomic E-state index is -0.656. The van der Waals surface area contributed by atoms with Crippen molar-refractivity contribution in [2.24, 2.45) is 0 Å². The summed E-state index contributed by atoms with van der Waals surface area (Å²) in [4.78, 5) is 37.2. The molecule has 1 aliphatic rings. The normalized spacial score (nSPS) is 14.9. The Morgan fingerprint density at radius 1 is 1.06 bits per heavy atom. The molecule has 0 atom stereocenters. The SMILES string of the molecule is COC(=O)CN1C(=O)S/C(=C\c2cc(Br)c(OCc3cccc4ccccc34)c(Br)c2)C1=O. The van der Waals surface area contributed by atoms with Crippen LogP contribution in [0.1, 0.15) is 11.1 Å². The highest BCUT2D eigenvalue weighted by molar-refractivity contribution is 9.11. The molecule has 1 saturated heterocycles. The Morgan fingerprint density at radius 3 is 2.48 bits per heavy atom. The van der Waals surface area contributed by atoms with Gasteiger partial charge in [-0.05, 0) is 83.7 Å². The van der Waals surface area contributed by atoms with Gasteiger partial charge in [0, 0.05) is 0 Å². The number of nitrogens with zero attached hydrogens (tertiary/aromatic N) is 1. The minimum absolute atomic E-state index is 0.229. The summed E-state index contributed by atoms with van der Waals surface area (Å²) in [5.74, 6) is -0.561. The fourth-order valence-corrected chi connectivity index (χ4v) is 5.64. The lowest BCUT2D eigenvalue weighted by molar-refractivity contribution is -0.143. The molecule has 0 unspecified atom stereocenters. The number of amides is 2. The Balaban J connectivity index is 1.53. The molecule has 2 amide bonds. The highest BCUT2D eigenvalue weighted by Crippen LogP contribution is 2.38. The number of thioether (sulfide) groups is 1. The Morgan fingerprint density at radius 2 is 1.76 bits per heavy atom. The van der Waals surface area contributed by atoms with Crippen molar-refractivity contribution in [2.45, 2.75) is 6.61 Å². The Labute approximate surface area is 211 Å². The van der Waals surface area contributed by atoms with Crippen molar-refractivity contribution in [3.05, 3.63) is 79.6 Å². The summed E-state index contributed by atoms with van der Waals surface area (Å²) in [7, 11) is 1.20. The number of carbonyl (C=O) groups excluding carboxylic acids is 3. The Hall–Kier alpha value is -2.62. The van der Waals surface area contributed by atoms with E-state index >= 15 is 0 Å². The number of rotatable bonds is 6. The fraction of sp³-hybridized carbons (Fsp3) is 0.125. The van der Waals surface area contributed by atoms with Gasteiger partial charge in [-0.2, -0.15) is 0 Å². The molecule has 9 heteroatoms. The van der Waals surface area contributed by atoms with Gasteiger partial charge in [-0.15, -0.1) is 0 Å². The number of halogens is 2. The van der Waals surface area contributed by atoms with E-state index < -0.39 is 23.7 Å². The number of carbonyl (C=O) groups is 3. The molecule has 33 heavy (non-hydrogen) atoms. The van der Waals surface area contributed by atoms with Crippen molar-refractivity contribution in [1.29, 1.82) is 0 Å². The predicted octanol–water partition coefficient (Wildman–Crippen LogP) is 6.15. The van der Waals surface area contributed by atoms with E-state index in [0.717, 1.165) is 33.0 Å². The Bertz CT molecular complexity index is 1280. The highest BCUT2D eigenvalue weighted by atomic mass is 79.9. The van der Waals surface area contributed by atoms with Gasteiger partial charge >= 0.3 is 5.97 Å². The zero-order valence-corrected chi connectivity index (χ0v) is 21.3. The van der Waals surface area contributed by atoms with Gasteiger partial charge in [-0.1, -0.05) is 42.5 Å². The summed E-state index contributed by atoms with van der Waals surface area (Å²) in [6, 6.07) is 17.8. The molecule has 1 heterocycles. The molecule has 6 nitrogen and oxygen atoms in total. The standard InChI is InChI=1S/C24H17Br2NO5S/c1-31-21(28)12-27-23(29)20(33-24(27)30)11-14-9-18(25)22(19(26)10-14)32-13-16-7-4-6-15-5-2-3-8-17(15)16/h2-11H,12-13H2,1H3/b20-11-. The van der Waals surface area contributed by atoms with Crippen LogP contribution in [0.4, 0.5) is 4.79 Å². The lowest BCUT2D eigenvalue weighted by Crippen LogP contribution is -2.34. The largest absolute Gasteiger partial charge is 0.487 e. The summed E-state index contributed by atoms with van der Waals surface area (Å²) >= 11 is 7.86. The van der Waals surface area contributed by atoms with E-state index in [2.05, 4.69) is 54.8 Å². The molecule has 0 spiro atoms. The van der Waals surface area contributed by atoms with Crippen LogP contribution in [0.15, 0.2) is 68.4 Å². The molecular formula is C24H17Br2NO5S. The zero-order valence-electron chi connectivity index (χ0n) is 17.3. The number of methoxy groups -OCH3 is 1. The second kappa shape index (κ2) is 10.1. The lowest BCUT2D eigenvalue weighted by Gasteiger charge is -2.13. The van der Waals surface area contributed by atoms with E-state index in [9.17, 15) is 14.4 Å². The van der Waals surface area contributed by atoms with Crippen molar-refractivity contribution in [1.82, 2.24) is 4.90 Å². The molecule has 1 fully saturated rings. The summed E-state index contributed by atoms with van der Waals surface area (Å²) in [5.41, 5.74) is 1.75. The lowest BCUT2D eigenvalue weighted by atomic mass is 10.1. The summed E-state index contributed by atoms with van der Waals surface area (Å²) < 4.78 is 12.0. The molecule has 1 aliphatic heterocycles. The molecule has 0 aliphatic carbocycles. The predicted molar refractivity (Wildman–Crippen MR) is 135 cm³/mol. The van der Waals surface area contributed by atoms with Crippen LogP contribution in [0.25, 0.3) is 16.8 Å². The Kier molecular flexibility index (Phi) is 7.21. The van der Waals surface area contributed by atoms with Crippen molar-refractivity contribution in [3.63, 3.8) is 0 Å². The van der Waals surface area contributed by atoms with E-state index in [1.54, 1.807) is 18.2 Å². The number of esters is 1. The van der Waals surface area contributed by atoms with Crippen molar-refractivity contribution < 1.29 is 23.9 Å². The zero-order chi connectivity index (χ0) is 23.5. The van der Waals surface area contributed by atoms with Gasteiger partial charge in [0.05, 0.1) is 21.0 Å². The number of hydrogen-bond donors (Lipinski definition) is 0. The number of imide groups is 1. The smallest absolute Gasteiger partial charge is 0.325 e. The molecule has 0 bridgehead atoms. The van der Waals surface area contributed by atoms with Crippen molar-refractivity contribution in [3.8, 4) is 5.75 Å². The second-order valence-electron chi connectivity index (χ2n) is 7.08. The van der Waals surface area contributed by atoms with Gasteiger partial charge in [0.1, 0.15) is 18.9 Å².